The number of nitro groups is 1. The summed E-state index contributed by atoms with van der Waals surface area (Å²) in [5.41, 5.74) is 0.578. The molecule has 1 aliphatic heterocycles. The lowest BCUT2D eigenvalue weighted by molar-refractivity contribution is -0.384. The van der Waals surface area contributed by atoms with Crippen LogP contribution in [0.3, 0.4) is 0 Å². The summed E-state index contributed by atoms with van der Waals surface area (Å²) in [6.07, 6.45) is 0. The van der Waals surface area contributed by atoms with Crippen molar-refractivity contribution < 1.29 is 24.0 Å². The summed E-state index contributed by atoms with van der Waals surface area (Å²) in [6, 6.07) is 8.60. The SMILES string of the molecule is CCN(CC)CCN1C(=O)C(=O)C(=C(O)c2ccc(C)c(F)c2)[C@H]1c1ccc([N+](=O)[O-])cc1. The van der Waals surface area contributed by atoms with E-state index in [1.165, 1.54) is 41.3 Å². The predicted molar refractivity (Wildman–Crippen MR) is 121 cm³/mol. The van der Waals surface area contributed by atoms with Crippen LogP contribution in [0, 0.1) is 22.9 Å². The van der Waals surface area contributed by atoms with Crippen LogP contribution in [0.4, 0.5) is 10.1 Å². The van der Waals surface area contributed by atoms with Crippen molar-refractivity contribution >= 4 is 23.1 Å². The van der Waals surface area contributed by atoms with Gasteiger partial charge < -0.3 is 14.9 Å². The molecule has 1 aliphatic rings. The minimum Gasteiger partial charge on any atom is -0.507 e. The molecule has 2 aromatic carbocycles. The monoisotopic (exact) mass is 455 g/mol. The van der Waals surface area contributed by atoms with Crippen LogP contribution in [-0.2, 0) is 9.59 Å². The maximum Gasteiger partial charge on any atom is 0.295 e. The van der Waals surface area contributed by atoms with Crippen molar-refractivity contribution in [3.63, 3.8) is 0 Å². The molecule has 3 rings (SSSR count). The summed E-state index contributed by atoms with van der Waals surface area (Å²) >= 11 is 0. The number of aliphatic hydroxyl groups excluding tert-OH is 1. The van der Waals surface area contributed by atoms with E-state index in [0.717, 1.165) is 19.2 Å². The van der Waals surface area contributed by atoms with E-state index in [4.69, 9.17) is 0 Å². The van der Waals surface area contributed by atoms with Gasteiger partial charge in [-0.05, 0) is 49.3 Å². The first kappa shape index (κ1) is 24.1. The summed E-state index contributed by atoms with van der Waals surface area (Å²) in [5, 5.41) is 22.0. The highest BCUT2D eigenvalue weighted by molar-refractivity contribution is 6.46. The Morgan fingerprint density at radius 1 is 1.15 bits per heavy atom. The number of nitrogens with zero attached hydrogens (tertiary/aromatic N) is 3. The van der Waals surface area contributed by atoms with Crippen molar-refractivity contribution in [1.29, 1.82) is 0 Å². The number of aryl methyl sites for hydroxylation is 1. The molecule has 0 unspecified atom stereocenters. The molecule has 1 heterocycles. The van der Waals surface area contributed by atoms with Crippen LogP contribution >= 0.6 is 0 Å². The fourth-order valence-corrected chi connectivity index (χ4v) is 3.92. The van der Waals surface area contributed by atoms with E-state index < -0.39 is 34.2 Å². The number of carbonyl (C=O) groups is 2. The summed E-state index contributed by atoms with van der Waals surface area (Å²) in [4.78, 5) is 39.9. The van der Waals surface area contributed by atoms with Gasteiger partial charge in [-0.2, -0.15) is 0 Å². The number of carbonyl (C=O) groups excluding carboxylic acids is 2. The van der Waals surface area contributed by atoms with Gasteiger partial charge in [-0.15, -0.1) is 0 Å². The van der Waals surface area contributed by atoms with Crippen LogP contribution in [0.1, 0.15) is 36.6 Å². The Kier molecular flexibility index (Phi) is 7.23. The topological polar surface area (TPSA) is 104 Å². The summed E-state index contributed by atoms with van der Waals surface area (Å²) in [5.74, 6) is -2.70. The number of halogens is 1. The summed E-state index contributed by atoms with van der Waals surface area (Å²) in [7, 11) is 0. The lowest BCUT2D eigenvalue weighted by atomic mass is 9.95. The first-order valence-electron chi connectivity index (χ1n) is 10.7. The number of hydrogen-bond acceptors (Lipinski definition) is 6. The molecule has 0 saturated carbocycles. The van der Waals surface area contributed by atoms with Crippen molar-refractivity contribution in [1.82, 2.24) is 9.80 Å². The first-order valence-corrected chi connectivity index (χ1v) is 10.7. The van der Waals surface area contributed by atoms with Crippen LogP contribution in [0.15, 0.2) is 48.0 Å². The lowest BCUT2D eigenvalue weighted by Gasteiger charge is -2.28. The van der Waals surface area contributed by atoms with E-state index in [0.29, 0.717) is 17.7 Å². The quantitative estimate of drug-likeness (QED) is 0.213. The standard InChI is InChI=1S/C24H26FN3O5/c1-4-26(5-2)12-13-27-21(16-8-10-18(11-9-16)28(32)33)20(23(30)24(27)31)22(29)17-7-6-15(3)19(25)14-17/h6-11,14,21,29H,4-5,12-13H2,1-3H3/t21-/m1/s1. The van der Waals surface area contributed by atoms with Crippen molar-refractivity contribution in [2.75, 3.05) is 26.2 Å². The second-order valence-electron chi connectivity index (χ2n) is 7.83. The van der Waals surface area contributed by atoms with E-state index in [-0.39, 0.29) is 23.4 Å². The smallest absolute Gasteiger partial charge is 0.295 e. The number of Topliss-reactive ketones (excluding diaryl/α,β-unsaturated/α-hetero) is 1. The van der Waals surface area contributed by atoms with Crippen LogP contribution in [0.5, 0.6) is 0 Å². The number of benzene rings is 2. The van der Waals surface area contributed by atoms with Gasteiger partial charge in [0.05, 0.1) is 16.5 Å². The number of nitro benzene ring substituents is 1. The number of likely N-dealkylation sites (N-methyl/N-ethyl adjacent to an activating group) is 1. The molecule has 0 aliphatic carbocycles. The average Bonchev–Trinajstić information content (AvgIpc) is 3.06. The fourth-order valence-electron chi connectivity index (χ4n) is 3.92. The number of hydrogen-bond donors (Lipinski definition) is 1. The molecule has 8 nitrogen and oxygen atoms in total. The van der Waals surface area contributed by atoms with Gasteiger partial charge in [0.2, 0.25) is 0 Å². The zero-order chi connectivity index (χ0) is 24.3. The minimum absolute atomic E-state index is 0.0757. The van der Waals surface area contributed by atoms with Crippen LogP contribution in [0.25, 0.3) is 5.76 Å². The van der Waals surface area contributed by atoms with Gasteiger partial charge in [0.1, 0.15) is 11.6 Å². The maximum atomic E-state index is 14.1. The van der Waals surface area contributed by atoms with Gasteiger partial charge >= 0.3 is 0 Å². The highest BCUT2D eigenvalue weighted by atomic mass is 19.1. The van der Waals surface area contributed by atoms with Gasteiger partial charge in [-0.25, -0.2) is 4.39 Å². The maximum absolute atomic E-state index is 14.1. The molecule has 1 N–H and O–H groups in total. The third-order valence-corrected chi connectivity index (χ3v) is 5.96. The molecular formula is C24H26FN3O5. The minimum atomic E-state index is -0.953. The summed E-state index contributed by atoms with van der Waals surface area (Å²) in [6.45, 7) is 7.77. The van der Waals surface area contributed by atoms with E-state index in [9.17, 15) is 29.2 Å². The number of rotatable bonds is 8. The van der Waals surface area contributed by atoms with Crippen molar-refractivity contribution in [2.45, 2.75) is 26.8 Å². The zero-order valence-electron chi connectivity index (χ0n) is 18.7. The molecular weight excluding hydrogens is 429 g/mol. The van der Waals surface area contributed by atoms with Gasteiger partial charge in [0.25, 0.3) is 17.4 Å². The average molecular weight is 455 g/mol. The van der Waals surface area contributed by atoms with Gasteiger partial charge in [-0.1, -0.05) is 26.0 Å². The molecule has 174 valence electrons. The second kappa shape index (κ2) is 9.91. The molecule has 0 radical (unpaired) electrons. The van der Waals surface area contributed by atoms with E-state index >= 15 is 0 Å². The van der Waals surface area contributed by atoms with Crippen molar-refractivity contribution in [3.8, 4) is 0 Å². The van der Waals surface area contributed by atoms with E-state index in [1.807, 2.05) is 13.8 Å². The molecule has 0 spiro atoms. The second-order valence-corrected chi connectivity index (χ2v) is 7.83. The largest absolute Gasteiger partial charge is 0.507 e. The first-order chi connectivity index (χ1) is 15.7. The molecule has 0 aromatic heterocycles. The zero-order valence-corrected chi connectivity index (χ0v) is 18.7. The van der Waals surface area contributed by atoms with Gasteiger partial charge in [0, 0.05) is 30.8 Å². The molecule has 2 aromatic rings. The van der Waals surface area contributed by atoms with Crippen molar-refractivity contribution in [2.24, 2.45) is 0 Å². The Morgan fingerprint density at radius 3 is 2.33 bits per heavy atom. The van der Waals surface area contributed by atoms with E-state index in [1.54, 1.807) is 6.92 Å². The molecule has 0 bridgehead atoms. The predicted octanol–water partition coefficient (Wildman–Crippen LogP) is 3.81. The van der Waals surface area contributed by atoms with Crippen LogP contribution in [0.2, 0.25) is 0 Å². The summed E-state index contributed by atoms with van der Waals surface area (Å²) < 4.78 is 14.1. The third-order valence-electron chi connectivity index (χ3n) is 5.96. The normalized spacial score (nSPS) is 17.7. The molecule has 33 heavy (non-hydrogen) atoms. The molecule has 1 fully saturated rings. The molecule has 1 atom stereocenters. The number of likely N-dealkylation sites (tertiary alicyclic amines) is 1. The Bertz CT molecular complexity index is 1110. The highest BCUT2D eigenvalue weighted by Crippen LogP contribution is 2.39. The van der Waals surface area contributed by atoms with Crippen LogP contribution < -0.4 is 0 Å². The molecule has 1 amide bonds. The number of aliphatic hydroxyl groups is 1. The van der Waals surface area contributed by atoms with Gasteiger partial charge in [0.15, 0.2) is 0 Å². The third kappa shape index (κ3) is 4.78. The number of amides is 1. The Hall–Kier alpha value is -3.59. The Labute approximate surface area is 191 Å². The molecule has 1 saturated heterocycles. The molecule has 9 heteroatoms. The Balaban J connectivity index is 2.12. The lowest BCUT2D eigenvalue weighted by Crippen LogP contribution is -2.38. The van der Waals surface area contributed by atoms with Crippen molar-refractivity contribution in [3.05, 3.63) is 80.7 Å². The number of non-ortho nitro benzene ring substituents is 1. The fraction of sp³-hybridized carbons (Fsp3) is 0.333. The Morgan fingerprint density at radius 2 is 1.79 bits per heavy atom. The highest BCUT2D eigenvalue weighted by Gasteiger charge is 2.46. The number of ketones is 1. The van der Waals surface area contributed by atoms with Crippen LogP contribution in [-0.4, -0.2) is 57.7 Å². The van der Waals surface area contributed by atoms with Gasteiger partial charge in [-0.3, -0.25) is 19.7 Å². The van der Waals surface area contributed by atoms with E-state index in [2.05, 4.69) is 4.90 Å².